The Balaban J connectivity index is 2.08. The van der Waals surface area contributed by atoms with Crippen LogP contribution in [0.2, 0.25) is 0 Å². The van der Waals surface area contributed by atoms with Crippen molar-refractivity contribution in [1.29, 1.82) is 0 Å². The van der Waals surface area contributed by atoms with Crippen molar-refractivity contribution in [3.8, 4) is 0 Å². The van der Waals surface area contributed by atoms with E-state index >= 15 is 0 Å². The topological polar surface area (TPSA) is 49.8 Å². The number of carbonyl (C=O) groups is 1. The molecular weight excluding hydrogens is 254 g/mol. The number of benzene rings is 1. The zero-order valence-electron chi connectivity index (χ0n) is 12.4. The third-order valence-electron chi connectivity index (χ3n) is 3.55. The van der Waals surface area contributed by atoms with Gasteiger partial charge in [-0.15, -0.1) is 0 Å². The quantitative estimate of drug-likeness (QED) is 0.904. The van der Waals surface area contributed by atoms with Gasteiger partial charge in [0.15, 0.2) is 0 Å². The summed E-state index contributed by atoms with van der Waals surface area (Å²) in [6, 6.07) is 10.0. The van der Waals surface area contributed by atoms with Crippen LogP contribution in [0.15, 0.2) is 30.3 Å². The zero-order chi connectivity index (χ0) is 14.8. The van der Waals surface area contributed by atoms with Crippen LogP contribution >= 0.6 is 0 Å². The highest BCUT2D eigenvalue weighted by atomic mass is 16.6. The number of aliphatic hydroxyl groups is 1. The highest BCUT2D eigenvalue weighted by molar-refractivity contribution is 5.68. The van der Waals surface area contributed by atoms with Gasteiger partial charge in [-0.2, -0.15) is 0 Å². The second-order valence-corrected chi connectivity index (χ2v) is 6.35. The van der Waals surface area contributed by atoms with Crippen molar-refractivity contribution >= 4 is 6.09 Å². The van der Waals surface area contributed by atoms with E-state index in [9.17, 15) is 9.90 Å². The number of likely N-dealkylation sites (tertiary alicyclic amines) is 1. The molecule has 110 valence electrons. The maximum atomic E-state index is 12.1. The number of aliphatic hydroxyl groups excluding tert-OH is 1. The molecule has 1 aliphatic rings. The van der Waals surface area contributed by atoms with E-state index in [-0.39, 0.29) is 24.5 Å². The maximum Gasteiger partial charge on any atom is 0.410 e. The zero-order valence-corrected chi connectivity index (χ0v) is 12.4. The smallest absolute Gasteiger partial charge is 0.410 e. The first-order valence-electron chi connectivity index (χ1n) is 7.04. The molecule has 1 aliphatic heterocycles. The van der Waals surface area contributed by atoms with Crippen LogP contribution in [0.25, 0.3) is 0 Å². The summed E-state index contributed by atoms with van der Waals surface area (Å²) in [5, 5.41) is 9.55. The predicted octanol–water partition coefficient (Wildman–Crippen LogP) is 2.63. The van der Waals surface area contributed by atoms with Gasteiger partial charge in [0.25, 0.3) is 0 Å². The van der Waals surface area contributed by atoms with Gasteiger partial charge in [0.05, 0.1) is 0 Å². The van der Waals surface area contributed by atoms with E-state index in [1.54, 1.807) is 4.90 Å². The summed E-state index contributed by atoms with van der Waals surface area (Å²) >= 11 is 0. The van der Waals surface area contributed by atoms with E-state index in [2.05, 4.69) is 0 Å². The van der Waals surface area contributed by atoms with Crippen molar-refractivity contribution in [2.24, 2.45) is 5.92 Å². The van der Waals surface area contributed by atoms with E-state index in [1.807, 2.05) is 51.1 Å². The summed E-state index contributed by atoms with van der Waals surface area (Å²) in [6.45, 7) is 6.81. The largest absolute Gasteiger partial charge is 0.444 e. The average Bonchev–Trinajstić information content (AvgIpc) is 2.82. The number of hydrogen-bond donors (Lipinski definition) is 1. The standard InChI is InChI=1S/C16H23NO3/c1-16(2,3)20-15(19)17-9-13(11-18)14(10-17)12-7-5-4-6-8-12/h4-8,13-14,18H,9-11H2,1-3H3/t13?,14-/m1/s1. The summed E-state index contributed by atoms with van der Waals surface area (Å²) in [5.74, 6) is 0.249. The molecule has 0 aromatic heterocycles. The molecule has 1 amide bonds. The van der Waals surface area contributed by atoms with Gasteiger partial charge in [-0.1, -0.05) is 30.3 Å². The fraction of sp³-hybridized carbons (Fsp3) is 0.562. The van der Waals surface area contributed by atoms with Gasteiger partial charge >= 0.3 is 6.09 Å². The summed E-state index contributed by atoms with van der Waals surface area (Å²) in [7, 11) is 0. The van der Waals surface area contributed by atoms with Gasteiger partial charge in [-0.3, -0.25) is 0 Å². The fourth-order valence-electron chi connectivity index (χ4n) is 2.61. The van der Waals surface area contributed by atoms with Gasteiger partial charge in [-0.05, 0) is 26.3 Å². The second kappa shape index (κ2) is 5.83. The molecule has 1 unspecified atom stereocenters. The Morgan fingerprint density at radius 2 is 1.95 bits per heavy atom. The van der Waals surface area contributed by atoms with Crippen LogP contribution in [0.4, 0.5) is 4.79 Å². The molecule has 1 aromatic rings. The van der Waals surface area contributed by atoms with Crippen LogP contribution in [0.3, 0.4) is 0 Å². The lowest BCUT2D eigenvalue weighted by atomic mass is 9.90. The highest BCUT2D eigenvalue weighted by Gasteiger charge is 2.37. The molecule has 4 heteroatoms. The van der Waals surface area contributed by atoms with Crippen molar-refractivity contribution in [1.82, 2.24) is 4.90 Å². The van der Waals surface area contributed by atoms with Crippen LogP contribution in [-0.2, 0) is 4.74 Å². The van der Waals surface area contributed by atoms with Gasteiger partial charge in [0.1, 0.15) is 5.60 Å². The van der Waals surface area contributed by atoms with E-state index in [4.69, 9.17) is 4.74 Å². The lowest BCUT2D eigenvalue weighted by Crippen LogP contribution is -2.35. The molecule has 1 heterocycles. The van der Waals surface area contributed by atoms with E-state index in [1.165, 1.54) is 0 Å². The lowest BCUT2D eigenvalue weighted by Gasteiger charge is -2.24. The van der Waals surface area contributed by atoms with Crippen LogP contribution in [0.1, 0.15) is 32.3 Å². The Morgan fingerprint density at radius 3 is 2.50 bits per heavy atom. The first-order chi connectivity index (χ1) is 9.40. The monoisotopic (exact) mass is 277 g/mol. The van der Waals surface area contributed by atoms with Crippen LogP contribution in [-0.4, -0.2) is 41.4 Å². The Labute approximate surface area is 120 Å². The molecule has 0 saturated carbocycles. The Bertz CT molecular complexity index is 453. The lowest BCUT2D eigenvalue weighted by molar-refractivity contribution is 0.0283. The number of amides is 1. The first-order valence-corrected chi connectivity index (χ1v) is 7.04. The molecule has 20 heavy (non-hydrogen) atoms. The van der Waals surface area contributed by atoms with Crippen LogP contribution in [0.5, 0.6) is 0 Å². The van der Waals surface area contributed by atoms with Gasteiger partial charge in [0, 0.05) is 31.5 Å². The molecule has 0 bridgehead atoms. The number of rotatable bonds is 2. The summed E-state index contributed by atoms with van der Waals surface area (Å²) in [4.78, 5) is 13.8. The number of hydrogen-bond acceptors (Lipinski definition) is 3. The second-order valence-electron chi connectivity index (χ2n) is 6.35. The average molecular weight is 277 g/mol. The first kappa shape index (κ1) is 14.9. The molecule has 1 N–H and O–H groups in total. The van der Waals surface area contributed by atoms with Crippen LogP contribution < -0.4 is 0 Å². The predicted molar refractivity (Wildman–Crippen MR) is 77.6 cm³/mol. The summed E-state index contributed by atoms with van der Waals surface area (Å²) in [5.41, 5.74) is 0.675. The molecule has 0 aliphatic carbocycles. The molecule has 0 radical (unpaired) electrons. The van der Waals surface area contributed by atoms with E-state index in [0.717, 1.165) is 5.56 Å². The molecule has 1 fully saturated rings. The minimum atomic E-state index is -0.489. The third kappa shape index (κ3) is 3.51. The molecule has 0 spiro atoms. The van der Waals surface area contributed by atoms with Crippen molar-refractivity contribution in [3.63, 3.8) is 0 Å². The third-order valence-corrected chi connectivity index (χ3v) is 3.55. The Hall–Kier alpha value is -1.55. The SMILES string of the molecule is CC(C)(C)OC(=O)N1CC(CO)[C@@H](c2ccccc2)C1. The molecule has 2 rings (SSSR count). The summed E-state index contributed by atoms with van der Waals surface area (Å²) in [6.07, 6.45) is -0.297. The fourth-order valence-corrected chi connectivity index (χ4v) is 2.61. The van der Waals surface area contributed by atoms with Crippen LogP contribution in [0, 0.1) is 5.92 Å². The highest BCUT2D eigenvalue weighted by Crippen LogP contribution is 2.33. The summed E-state index contributed by atoms with van der Waals surface area (Å²) < 4.78 is 5.40. The normalized spacial score (nSPS) is 22.9. The molecule has 2 atom stereocenters. The number of nitrogens with zero attached hydrogens (tertiary/aromatic N) is 1. The minimum absolute atomic E-state index is 0.0740. The molecule has 4 nitrogen and oxygen atoms in total. The van der Waals surface area contributed by atoms with Gasteiger partial charge < -0.3 is 14.7 Å². The van der Waals surface area contributed by atoms with Crippen molar-refractivity contribution < 1.29 is 14.6 Å². The molecule has 1 aromatic carbocycles. The minimum Gasteiger partial charge on any atom is -0.444 e. The van der Waals surface area contributed by atoms with Gasteiger partial charge in [0.2, 0.25) is 0 Å². The molecule has 1 saturated heterocycles. The van der Waals surface area contributed by atoms with Gasteiger partial charge in [-0.25, -0.2) is 4.79 Å². The maximum absolute atomic E-state index is 12.1. The van der Waals surface area contributed by atoms with Crippen molar-refractivity contribution in [2.75, 3.05) is 19.7 Å². The van der Waals surface area contributed by atoms with Crippen molar-refractivity contribution in [3.05, 3.63) is 35.9 Å². The van der Waals surface area contributed by atoms with E-state index in [0.29, 0.717) is 13.1 Å². The number of ether oxygens (including phenoxy) is 1. The van der Waals surface area contributed by atoms with Crippen molar-refractivity contribution in [2.45, 2.75) is 32.3 Å². The van der Waals surface area contributed by atoms with E-state index < -0.39 is 5.60 Å². The molecular formula is C16H23NO3. The number of carbonyl (C=O) groups excluding carboxylic acids is 1. The Kier molecular flexibility index (Phi) is 4.33. The Morgan fingerprint density at radius 1 is 1.30 bits per heavy atom.